The minimum Gasteiger partial charge on any atom is -0.494 e. The van der Waals surface area contributed by atoms with Gasteiger partial charge in [0, 0.05) is 0 Å². The van der Waals surface area contributed by atoms with E-state index in [1.54, 1.807) is 18.2 Å². The van der Waals surface area contributed by atoms with Crippen LogP contribution in [0.2, 0.25) is 0 Å². The van der Waals surface area contributed by atoms with Gasteiger partial charge in [0.1, 0.15) is 5.75 Å². The molecule has 0 atom stereocenters. The number of aryl methyl sites for hydroxylation is 2. The van der Waals surface area contributed by atoms with E-state index in [0.717, 1.165) is 22.4 Å². The van der Waals surface area contributed by atoms with Gasteiger partial charge in [0.2, 0.25) is 0 Å². The molecule has 0 aliphatic rings. The number of aliphatic carboxylic acids is 1. The minimum absolute atomic E-state index is 0.282. The Morgan fingerprint density at radius 1 is 1.14 bits per heavy atom. The van der Waals surface area contributed by atoms with Gasteiger partial charge in [0.05, 0.1) is 12.2 Å². The van der Waals surface area contributed by atoms with Crippen LogP contribution in [0.25, 0.3) is 11.6 Å². The van der Waals surface area contributed by atoms with Crippen molar-refractivity contribution >= 4 is 17.6 Å². The Hall–Kier alpha value is -2.55. The van der Waals surface area contributed by atoms with Crippen molar-refractivity contribution in [2.45, 2.75) is 20.8 Å². The van der Waals surface area contributed by atoms with E-state index in [9.17, 15) is 9.90 Å². The molecule has 3 heteroatoms. The summed E-state index contributed by atoms with van der Waals surface area (Å²) in [5.41, 5.74) is 3.88. The van der Waals surface area contributed by atoms with Gasteiger partial charge >= 0.3 is 5.97 Å². The third-order valence-corrected chi connectivity index (χ3v) is 3.42. The molecule has 0 aliphatic carbocycles. The Balaban J connectivity index is 2.44. The second-order valence-electron chi connectivity index (χ2n) is 5.18. The van der Waals surface area contributed by atoms with E-state index in [4.69, 9.17) is 4.74 Å². The Morgan fingerprint density at radius 3 is 2.36 bits per heavy atom. The Kier molecular flexibility index (Phi) is 4.99. The number of carboxylic acids is 1. The highest BCUT2D eigenvalue weighted by Gasteiger charge is 2.13. The third kappa shape index (κ3) is 3.76. The molecular formula is C19H20O3. The minimum atomic E-state index is -0.937. The summed E-state index contributed by atoms with van der Waals surface area (Å²) in [4.78, 5) is 11.6. The highest BCUT2D eigenvalue weighted by molar-refractivity contribution is 6.21. The van der Waals surface area contributed by atoms with Crippen LogP contribution in [0.1, 0.15) is 29.2 Å². The average Bonchev–Trinajstić information content (AvgIpc) is 2.47. The summed E-state index contributed by atoms with van der Waals surface area (Å²) in [6.07, 6.45) is 1.70. The number of hydrogen-bond donors (Lipinski definition) is 1. The smallest absolute Gasteiger partial charge is 0.336 e. The Morgan fingerprint density at radius 2 is 1.82 bits per heavy atom. The molecule has 2 aromatic carbocycles. The number of carboxylic acid groups (broad SMARTS) is 1. The predicted molar refractivity (Wildman–Crippen MR) is 89.0 cm³/mol. The first kappa shape index (κ1) is 15.8. The van der Waals surface area contributed by atoms with Gasteiger partial charge in [-0.25, -0.2) is 4.79 Å². The first-order chi connectivity index (χ1) is 10.5. The zero-order valence-electron chi connectivity index (χ0n) is 13.1. The number of hydrogen-bond acceptors (Lipinski definition) is 2. The van der Waals surface area contributed by atoms with Crippen LogP contribution >= 0.6 is 0 Å². The molecule has 0 spiro atoms. The van der Waals surface area contributed by atoms with E-state index in [-0.39, 0.29) is 5.57 Å². The number of rotatable bonds is 5. The molecule has 2 rings (SSSR count). The maximum Gasteiger partial charge on any atom is 0.336 e. The van der Waals surface area contributed by atoms with Gasteiger partial charge in [-0.3, -0.25) is 0 Å². The quantitative estimate of drug-likeness (QED) is 0.660. The molecule has 0 radical (unpaired) electrons. The Bertz CT molecular complexity index is 697. The van der Waals surface area contributed by atoms with E-state index in [1.807, 2.05) is 51.1 Å². The summed E-state index contributed by atoms with van der Waals surface area (Å²) < 4.78 is 5.45. The lowest BCUT2D eigenvalue weighted by molar-refractivity contribution is -0.130. The van der Waals surface area contributed by atoms with Crippen LogP contribution in [0.4, 0.5) is 0 Å². The monoisotopic (exact) mass is 296 g/mol. The van der Waals surface area contributed by atoms with Crippen molar-refractivity contribution in [1.29, 1.82) is 0 Å². The fraction of sp³-hybridized carbons (Fsp3) is 0.211. The van der Waals surface area contributed by atoms with Crippen LogP contribution in [0.3, 0.4) is 0 Å². The van der Waals surface area contributed by atoms with Crippen molar-refractivity contribution in [3.8, 4) is 5.75 Å². The van der Waals surface area contributed by atoms with Crippen molar-refractivity contribution in [3.63, 3.8) is 0 Å². The molecule has 22 heavy (non-hydrogen) atoms. The van der Waals surface area contributed by atoms with E-state index in [2.05, 4.69) is 0 Å². The van der Waals surface area contributed by atoms with Gasteiger partial charge in [0.25, 0.3) is 0 Å². The summed E-state index contributed by atoms with van der Waals surface area (Å²) in [5.74, 6) is -0.184. The van der Waals surface area contributed by atoms with Gasteiger partial charge in [-0.15, -0.1) is 0 Å². The number of carbonyl (C=O) groups is 1. The summed E-state index contributed by atoms with van der Waals surface area (Å²) >= 11 is 0. The maximum absolute atomic E-state index is 11.6. The fourth-order valence-electron chi connectivity index (χ4n) is 2.28. The van der Waals surface area contributed by atoms with Crippen molar-refractivity contribution in [3.05, 3.63) is 64.7 Å². The normalized spacial score (nSPS) is 11.3. The molecule has 3 nitrogen and oxygen atoms in total. The standard InChI is InChI=1S/C19H20O3/c1-4-22-16-9-10-17(14(3)11-16)18(19(20)21)12-15-7-5-13(2)6-8-15/h5-12H,4H2,1-3H3,(H,20,21)/b18-12-. The molecule has 0 bridgehead atoms. The maximum atomic E-state index is 11.6. The highest BCUT2D eigenvalue weighted by Crippen LogP contribution is 2.25. The fourth-order valence-corrected chi connectivity index (χ4v) is 2.28. The van der Waals surface area contributed by atoms with E-state index in [1.165, 1.54) is 0 Å². The molecule has 0 unspecified atom stereocenters. The van der Waals surface area contributed by atoms with Gasteiger partial charge < -0.3 is 9.84 Å². The predicted octanol–water partition coefficient (Wildman–Crippen LogP) is 4.33. The Labute approximate surface area is 130 Å². The molecule has 0 aromatic heterocycles. The highest BCUT2D eigenvalue weighted by atomic mass is 16.5. The first-order valence-electron chi connectivity index (χ1n) is 7.26. The summed E-state index contributed by atoms with van der Waals surface area (Å²) in [6.45, 7) is 6.40. The number of benzene rings is 2. The van der Waals surface area contributed by atoms with Gasteiger partial charge in [-0.1, -0.05) is 35.9 Å². The van der Waals surface area contributed by atoms with Gasteiger partial charge in [-0.05, 0) is 55.7 Å². The third-order valence-electron chi connectivity index (χ3n) is 3.42. The van der Waals surface area contributed by atoms with Crippen molar-refractivity contribution in [2.75, 3.05) is 6.61 Å². The molecule has 0 fully saturated rings. The van der Waals surface area contributed by atoms with Crippen LogP contribution in [0, 0.1) is 13.8 Å². The SMILES string of the molecule is CCOc1ccc(/C(=C/c2ccc(C)cc2)C(=O)O)c(C)c1. The van der Waals surface area contributed by atoms with E-state index in [0.29, 0.717) is 12.2 Å². The van der Waals surface area contributed by atoms with Crippen LogP contribution < -0.4 is 4.74 Å². The zero-order chi connectivity index (χ0) is 16.1. The topological polar surface area (TPSA) is 46.5 Å². The van der Waals surface area contributed by atoms with Crippen molar-refractivity contribution in [1.82, 2.24) is 0 Å². The van der Waals surface area contributed by atoms with Gasteiger partial charge in [-0.2, -0.15) is 0 Å². The second-order valence-corrected chi connectivity index (χ2v) is 5.18. The molecule has 1 N–H and O–H groups in total. The molecular weight excluding hydrogens is 276 g/mol. The lowest BCUT2D eigenvalue weighted by atomic mass is 9.98. The van der Waals surface area contributed by atoms with Crippen molar-refractivity contribution < 1.29 is 14.6 Å². The number of ether oxygens (including phenoxy) is 1. The van der Waals surface area contributed by atoms with Gasteiger partial charge in [0.15, 0.2) is 0 Å². The van der Waals surface area contributed by atoms with E-state index >= 15 is 0 Å². The molecule has 2 aromatic rings. The molecule has 0 aliphatic heterocycles. The summed E-state index contributed by atoms with van der Waals surface area (Å²) in [7, 11) is 0. The lowest BCUT2D eigenvalue weighted by Crippen LogP contribution is -2.02. The van der Waals surface area contributed by atoms with Crippen LogP contribution in [0.5, 0.6) is 5.75 Å². The second kappa shape index (κ2) is 6.94. The molecule has 0 saturated carbocycles. The van der Waals surface area contributed by atoms with Crippen LogP contribution in [-0.4, -0.2) is 17.7 Å². The summed E-state index contributed by atoms with van der Waals surface area (Å²) in [6, 6.07) is 13.2. The van der Waals surface area contributed by atoms with E-state index < -0.39 is 5.97 Å². The largest absolute Gasteiger partial charge is 0.494 e. The first-order valence-corrected chi connectivity index (χ1v) is 7.26. The summed E-state index contributed by atoms with van der Waals surface area (Å²) in [5, 5.41) is 9.54. The van der Waals surface area contributed by atoms with Crippen LogP contribution in [0.15, 0.2) is 42.5 Å². The molecule has 0 heterocycles. The van der Waals surface area contributed by atoms with Crippen molar-refractivity contribution in [2.24, 2.45) is 0 Å². The van der Waals surface area contributed by atoms with Crippen LogP contribution in [-0.2, 0) is 4.79 Å². The molecule has 0 amide bonds. The molecule has 114 valence electrons. The molecule has 0 saturated heterocycles. The zero-order valence-corrected chi connectivity index (χ0v) is 13.1. The lowest BCUT2D eigenvalue weighted by Gasteiger charge is -2.10. The average molecular weight is 296 g/mol.